The van der Waals surface area contributed by atoms with Crippen LogP contribution in [-0.2, 0) is 13.1 Å². The van der Waals surface area contributed by atoms with Crippen molar-refractivity contribution in [2.75, 3.05) is 7.11 Å². The molecule has 29 heavy (non-hydrogen) atoms. The fourth-order valence-electron chi connectivity index (χ4n) is 3.01. The highest BCUT2D eigenvalue weighted by atomic mass is 16.6. The molecular weight excluding hydrogens is 374 g/mol. The van der Waals surface area contributed by atoms with E-state index in [1.54, 1.807) is 30.1 Å². The number of rotatable bonds is 8. The third-order valence-electron chi connectivity index (χ3n) is 4.55. The van der Waals surface area contributed by atoms with Gasteiger partial charge < -0.3 is 14.9 Å². The molecule has 1 aromatic carbocycles. The van der Waals surface area contributed by atoms with Crippen molar-refractivity contribution in [2.45, 2.75) is 26.9 Å². The van der Waals surface area contributed by atoms with Crippen LogP contribution in [0.4, 0.5) is 5.82 Å². The molecule has 0 aliphatic carbocycles. The van der Waals surface area contributed by atoms with Gasteiger partial charge in [0, 0.05) is 17.8 Å². The summed E-state index contributed by atoms with van der Waals surface area (Å²) in [4.78, 5) is 22.8. The highest BCUT2D eigenvalue weighted by Crippen LogP contribution is 2.22. The van der Waals surface area contributed by atoms with Crippen molar-refractivity contribution in [3.63, 3.8) is 0 Å². The molecule has 0 radical (unpaired) electrons. The van der Waals surface area contributed by atoms with Crippen LogP contribution in [0, 0.1) is 17.0 Å². The number of carbonyl (C=O) groups excluding carboxylic acids is 1. The molecule has 0 unspecified atom stereocenters. The van der Waals surface area contributed by atoms with Gasteiger partial charge >= 0.3 is 5.82 Å². The quantitative estimate of drug-likeness (QED) is 0.251. The summed E-state index contributed by atoms with van der Waals surface area (Å²) in [5.74, 6) is 0.294. The highest BCUT2D eigenvalue weighted by Gasteiger charge is 2.14. The predicted octanol–water partition coefficient (Wildman–Crippen LogP) is 3.27. The summed E-state index contributed by atoms with van der Waals surface area (Å²) < 4.78 is 8.62. The second-order valence-electron chi connectivity index (χ2n) is 6.36. The number of ether oxygens (including phenoxy) is 1. The van der Waals surface area contributed by atoms with Crippen LogP contribution < -0.4 is 4.74 Å². The Morgan fingerprint density at radius 3 is 2.76 bits per heavy atom. The molecule has 0 N–H and O–H groups in total. The van der Waals surface area contributed by atoms with Gasteiger partial charge in [0.05, 0.1) is 42.8 Å². The van der Waals surface area contributed by atoms with E-state index < -0.39 is 4.92 Å². The van der Waals surface area contributed by atoms with E-state index in [0.29, 0.717) is 24.4 Å². The average Bonchev–Trinajstić information content (AvgIpc) is 3.33. The van der Waals surface area contributed by atoms with Gasteiger partial charge in [-0.25, -0.2) is 0 Å². The molecular formula is C20H21N5O4. The molecule has 2 heterocycles. The number of carbonyl (C=O) groups is 1. The lowest BCUT2D eigenvalue weighted by molar-refractivity contribution is -0.389. The summed E-state index contributed by atoms with van der Waals surface area (Å²) in [6, 6.07) is 6.82. The highest BCUT2D eigenvalue weighted by molar-refractivity contribution is 6.07. The van der Waals surface area contributed by atoms with Gasteiger partial charge in [-0.1, -0.05) is 12.1 Å². The first-order valence-electron chi connectivity index (χ1n) is 9.02. The summed E-state index contributed by atoms with van der Waals surface area (Å²) in [5.41, 5.74) is 2.99. The SMILES string of the molecule is CCn1ncc(C(=O)/C=C/c2ccc(OC)c(Cn3ccc([N+](=O)[O-])n3)c2)c1C. The summed E-state index contributed by atoms with van der Waals surface area (Å²) in [7, 11) is 1.55. The zero-order valence-corrected chi connectivity index (χ0v) is 16.4. The second kappa shape index (κ2) is 8.51. The Balaban J connectivity index is 1.81. The normalized spacial score (nSPS) is 11.1. The van der Waals surface area contributed by atoms with Crippen LogP contribution in [0.1, 0.15) is 34.1 Å². The first-order valence-corrected chi connectivity index (χ1v) is 9.02. The van der Waals surface area contributed by atoms with E-state index in [1.165, 1.54) is 23.0 Å². The summed E-state index contributed by atoms with van der Waals surface area (Å²) in [6.45, 7) is 4.84. The van der Waals surface area contributed by atoms with Gasteiger partial charge in [-0.05, 0) is 42.5 Å². The van der Waals surface area contributed by atoms with Crippen molar-refractivity contribution in [3.8, 4) is 5.75 Å². The third kappa shape index (κ3) is 4.40. The van der Waals surface area contributed by atoms with Crippen LogP contribution in [-0.4, -0.2) is 37.4 Å². The van der Waals surface area contributed by atoms with Gasteiger partial charge in [0.25, 0.3) is 0 Å². The molecule has 0 spiro atoms. The van der Waals surface area contributed by atoms with Crippen molar-refractivity contribution in [1.29, 1.82) is 0 Å². The number of hydrogen-bond acceptors (Lipinski definition) is 6. The molecule has 0 atom stereocenters. The van der Waals surface area contributed by atoms with Crippen LogP contribution in [0.15, 0.2) is 42.7 Å². The van der Waals surface area contributed by atoms with Gasteiger partial charge in [0.15, 0.2) is 5.78 Å². The molecule has 0 amide bonds. The van der Waals surface area contributed by atoms with E-state index in [9.17, 15) is 14.9 Å². The van der Waals surface area contributed by atoms with Crippen LogP contribution >= 0.6 is 0 Å². The lowest BCUT2D eigenvalue weighted by Gasteiger charge is -2.08. The maximum Gasteiger partial charge on any atom is 0.389 e. The van der Waals surface area contributed by atoms with E-state index in [-0.39, 0.29) is 11.6 Å². The predicted molar refractivity (Wildman–Crippen MR) is 107 cm³/mol. The van der Waals surface area contributed by atoms with Gasteiger partial charge in [-0.3, -0.25) is 9.48 Å². The van der Waals surface area contributed by atoms with Crippen LogP contribution in [0.2, 0.25) is 0 Å². The Hall–Kier alpha value is -3.75. The fraction of sp³-hybridized carbons (Fsp3) is 0.250. The number of hydrogen-bond donors (Lipinski definition) is 0. The van der Waals surface area contributed by atoms with Crippen molar-refractivity contribution < 1.29 is 14.5 Å². The number of nitro groups is 1. The maximum atomic E-state index is 12.5. The maximum absolute atomic E-state index is 12.5. The summed E-state index contributed by atoms with van der Waals surface area (Å²) >= 11 is 0. The second-order valence-corrected chi connectivity index (χ2v) is 6.36. The first kappa shape index (κ1) is 20.0. The number of methoxy groups -OCH3 is 1. The molecule has 0 bridgehead atoms. The molecule has 0 aliphatic heterocycles. The molecule has 150 valence electrons. The number of ketones is 1. The third-order valence-corrected chi connectivity index (χ3v) is 4.55. The molecule has 9 nitrogen and oxygen atoms in total. The number of allylic oxidation sites excluding steroid dienone is 1. The van der Waals surface area contributed by atoms with Crippen LogP contribution in [0.5, 0.6) is 5.75 Å². The Labute approximate surface area is 167 Å². The molecule has 9 heteroatoms. The van der Waals surface area contributed by atoms with E-state index in [2.05, 4.69) is 10.2 Å². The molecule has 2 aromatic heterocycles. The molecule has 3 rings (SSSR count). The average molecular weight is 395 g/mol. The minimum Gasteiger partial charge on any atom is -0.496 e. The lowest BCUT2D eigenvalue weighted by Crippen LogP contribution is -2.04. The lowest BCUT2D eigenvalue weighted by atomic mass is 10.1. The van der Waals surface area contributed by atoms with Gasteiger partial charge in [0.2, 0.25) is 0 Å². The van der Waals surface area contributed by atoms with Gasteiger partial charge in [-0.15, -0.1) is 0 Å². The zero-order valence-electron chi connectivity index (χ0n) is 16.4. The van der Waals surface area contributed by atoms with E-state index in [1.807, 2.05) is 26.0 Å². The summed E-state index contributed by atoms with van der Waals surface area (Å²) in [6.07, 6.45) is 6.35. The minimum absolute atomic E-state index is 0.123. The minimum atomic E-state index is -0.541. The molecule has 0 aliphatic rings. The molecule has 0 saturated heterocycles. The van der Waals surface area contributed by atoms with Crippen LogP contribution in [0.3, 0.4) is 0 Å². The topological polar surface area (TPSA) is 105 Å². The standard InChI is InChI=1S/C20H21N5O4/c1-4-24-14(2)17(12-21-24)18(26)7-5-15-6-8-19(29-3)16(11-15)13-23-10-9-20(22-23)25(27)28/h5-12H,4,13H2,1-3H3/b7-5+. The number of nitrogens with zero attached hydrogens (tertiary/aromatic N) is 5. The number of benzene rings is 1. The monoisotopic (exact) mass is 395 g/mol. The zero-order chi connectivity index (χ0) is 21.0. The summed E-state index contributed by atoms with van der Waals surface area (Å²) in [5, 5.41) is 18.9. The Morgan fingerprint density at radius 2 is 2.14 bits per heavy atom. The van der Waals surface area contributed by atoms with E-state index in [4.69, 9.17) is 4.74 Å². The van der Waals surface area contributed by atoms with Gasteiger partial charge in [-0.2, -0.15) is 9.78 Å². The van der Waals surface area contributed by atoms with Crippen molar-refractivity contribution in [3.05, 3.63) is 75.2 Å². The Bertz CT molecular complexity index is 1080. The van der Waals surface area contributed by atoms with Crippen molar-refractivity contribution >= 4 is 17.7 Å². The van der Waals surface area contributed by atoms with Crippen LogP contribution in [0.25, 0.3) is 6.08 Å². The van der Waals surface area contributed by atoms with Crippen molar-refractivity contribution in [1.82, 2.24) is 19.6 Å². The Kier molecular flexibility index (Phi) is 5.87. The van der Waals surface area contributed by atoms with Crippen molar-refractivity contribution in [2.24, 2.45) is 0 Å². The smallest absolute Gasteiger partial charge is 0.389 e. The number of aromatic nitrogens is 4. The van der Waals surface area contributed by atoms with E-state index >= 15 is 0 Å². The Morgan fingerprint density at radius 1 is 1.34 bits per heavy atom. The molecule has 0 saturated carbocycles. The molecule has 3 aromatic rings. The molecule has 0 fully saturated rings. The van der Waals surface area contributed by atoms with E-state index in [0.717, 1.165) is 16.8 Å². The number of aryl methyl sites for hydroxylation is 1. The largest absolute Gasteiger partial charge is 0.496 e. The fourth-order valence-corrected chi connectivity index (χ4v) is 3.01. The first-order chi connectivity index (χ1) is 13.9. The van der Waals surface area contributed by atoms with Gasteiger partial charge in [0.1, 0.15) is 5.75 Å².